The van der Waals surface area contributed by atoms with Crippen molar-refractivity contribution >= 4 is 30.7 Å². The number of hydrogen-bond donors (Lipinski definition) is 1. The van der Waals surface area contributed by atoms with Crippen molar-refractivity contribution in [2.75, 3.05) is 38.1 Å². The number of fused-ring (bicyclic) bond motifs is 2. The van der Waals surface area contributed by atoms with Gasteiger partial charge in [0.2, 0.25) is 5.91 Å². The number of nitrogens with one attached hydrogen (secondary N) is 1. The Labute approximate surface area is 177 Å². The van der Waals surface area contributed by atoms with Gasteiger partial charge in [0.15, 0.2) is 5.65 Å². The SMILES string of the molecule is Bc1ccccc1CN(C)C(=O)C1CN(c2c3c(nc4ccnn24)CCNCC3)C1. The Morgan fingerprint density at radius 1 is 1.23 bits per heavy atom. The number of nitrogens with zero attached hydrogens (tertiary/aromatic N) is 5. The van der Waals surface area contributed by atoms with E-state index in [2.05, 4.69) is 35.3 Å². The summed E-state index contributed by atoms with van der Waals surface area (Å²) in [7, 11) is 4.01. The van der Waals surface area contributed by atoms with Gasteiger partial charge in [0.1, 0.15) is 13.7 Å². The molecule has 2 aliphatic rings. The number of benzene rings is 1. The standard InChI is InChI=1S/C22H27BN6O/c1-27(12-15-4-2-3-5-18(15)23)22(30)16-13-28(14-16)21-17-6-9-24-10-7-19(17)26-20-8-11-25-29(20)21/h2-5,8,11,16,24H,6-7,9-10,12-14,23H2,1H3. The van der Waals surface area contributed by atoms with Gasteiger partial charge < -0.3 is 15.1 Å². The quantitative estimate of drug-likeness (QED) is 0.611. The van der Waals surface area contributed by atoms with Crippen LogP contribution in [0.5, 0.6) is 0 Å². The Kier molecular flexibility index (Phi) is 4.94. The van der Waals surface area contributed by atoms with E-state index >= 15 is 0 Å². The number of carbonyl (C=O) groups excluding carboxylic acids is 1. The highest BCUT2D eigenvalue weighted by Crippen LogP contribution is 2.32. The van der Waals surface area contributed by atoms with Gasteiger partial charge in [0, 0.05) is 51.3 Å². The van der Waals surface area contributed by atoms with Gasteiger partial charge in [0.25, 0.3) is 0 Å². The Morgan fingerprint density at radius 3 is 2.87 bits per heavy atom. The lowest BCUT2D eigenvalue weighted by molar-refractivity contribution is -0.135. The molecule has 1 N–H and O–H groups in total. The molecule has 2 aliphatic heterocycles. The average Bonchev–Trinajstić information content (AvgIpc) is 3.04. The molecular formula is C22H27BN6O. The van der Waals surface area contributed by atoms with E-state index in [1.807, 2.05) is 40.9 Å². The van der Waals surface area contributed by atoms with Crippen molar-refractivity contribution in [2.45, 2.75) is 19.4 Å². The third-order valence-electron chi connectivity index (χ3n) is 6.36. The van der Waals surface area contributed by atoms with Crippen LogP contribution in [0.3, 0.4) is 0 Å². The zero-order valence-electron chi connectivity index (χ0n) is 17.6. The number of amides is 1. The van der Waals surface area contributed by atoms with E-state index in [0.717, 1.165) is 56.2 Å². The van der Waals surface area contributed by atoms with Crippen molar-refractivity contribution in [2.24, 2.45) is 5.92 Å². The van der Waals surface area contributed by atoms with Crippen LogP contribution in [0.4, 0.5) is 5.82 Å². The van der Waals surface area contributed by atoms with Gasteiger partial charge in [-0.3, -0.25) is 4.79 Å². The van der Waals surface area contributed by atoms with Gasteiger partial charge in [-0.25, -0.2) is 4.98 Å². The number of aromatic nitrogens is 3. The van der Waals surface area contributed by atoms with Crippen molar-refractivity contribution in [1.29, 1.82) is 0 Å². The van der Waals surface area contributed by atoms with Crippen molar-refractivity contribution in [3.05, 3.63) is 53.3 Å². The van der Waals surface area contributed by atoms with Gasteiger partial charge in [-0.1, -0.05) is 29.7 Å². The summed E-state index contributed by atoms with van der Waals surface area (Å²) in [6.45, 7) is 4.02. The number of anilines is 1. The summed E-state index contributed by atoms with van der Waals surface area (Å²) in [5.41, 5.74) is 5.75. The average molecular weight is 402 g/mol. The molecule has 8 heteroatoms. The predicted molar refractivity (Wildman–Crippen MR) is 120 cm³/mol. The largest absolute Gasteiger partial charge is 0.354 e. The minimum atomic E-state index is 0.0253. The summed E-state index contributed by atoms with van der Waals surface area (Å²) in [5.74, 6) is 1.36. The molecule has 5 rings (SSSR count). The van der Waals surface area contributed by atoms with Gasteiger partial charge >= 0.3 is 0 Å². The van der Waals surface area contributed by atoms with Gasteiger partial charge in [-0.2, -0.15) is 9.61 Å². The van der Waals surface area contributed by atoms with E-state index in [-0.39, 0.29) is 11.8 Å². The number of rotatable bonds is 4. The van der Waals surface area contributed by atoms with E-state index in [4.69, 9.17) is 4.98 Å². The van der Waals surface area contributed by atoms with Crippen LogP contribution in [0.15, 0.2) is 36.5 Å². The molecular weight excluding hydrogens is 375 g/mol. The van der Waals surface area contributed by atoms with Crippen LogP contribution in [-0.2, 0) is 24.2 Å². The summed E-state index contributed by atoms with van der Waals surface area (Å²) >= 11 is 0. The molecule has 2 aromatic heterocycles. The molecule has 1 aromatic carbocycles. The monoisotopic (exact) mass is 402 g/mol. The first-order chi connectivity index (χ1) is 14.6. The molecule has 0 radical (unpaired) electrons. The molecule has 0 atom stereocenters. The first-order valence-electron chi connectivity index (χ1n) is 10.7. The lowest BCUT2D eigenvalue weighted by Crippen LogP contribution is -2.55. The van der Waals surface area contributed by atoms with Gasteiger partial charge in [-0.05, 0) is 18.5 Å². The molecule has 1 amide bonds. The molecule has 7 nitrogen and oxygen atoms in total. The van der Waals surface area contributed by atoms with Crippen LogP contribution in [0.1, 0.15) is 16.8 Å². The van der Waals surface area contributed by atoms with E-state index in [9.17, 15) is 4.79 Å². The number of hydrogen-bond acceptors (Lipinski definition) is 5. The molecule has 0 spiro atoms. The summed E-state index contributed by atoms with van der Waals surface area (Å²) in [6, 6.07) is 10.2. The maximum absolute atomic E-state index is 13.0. The third kappa shape index (κ3) is 3.35. The summed E-state index contributed by atoms with van der Waals surface area (Å²) < 4.78 is 1.95. The highest BCUT2D eigenvalue weighted by molar-refractivity contribution is 6.33. The van der Waals surface area contributed by atoms with Crippen LogP contribution < -0.4 is 15.7 Å². The van der Waals surface area contributed by atoms with Crippen molar-refractivity contribution in [3.8, 4) is 0 Å². The minimum Gasteiger partial charge on any atom is -0.354 e. The van der Waals surface area contributed by atoms with Crippen LogP contribution in [0.25, 0.3) is 5.65 Å². The van der Waals surface area contributed by atoms with Crippen molar-refractivity contribution in [3.63, 3.8) is 0 Å². The zero-order valence-corrected chi connectivity index (χ0v) is 17.6. The summed E-state index contributed by atoms with van der Waals surface area (Å²) in [4.78, 5) is 22.0. The molecule has 3 aromatic rings. The Hall–Kier alpha value is -2.87. The number of carbonyl (C=O) groups is 1. The van der Waals surface area contributed by atoms with Crippen LogP contribution in [0.2, 0.25) is 0 Å². The second-order valence-corrected chi connectivity index (χ2v) is 8.43. The van der Waals surface area contributed by atoms with Crippen molar-refractivity contribution < 1.29 is 4.79 Å². The maximum atomic E-state index is 13.0. The predicted octanol–water partition coefficient (Wildman–Crippen LogP) is -0.229. The normalized spacial score (nSPS) is 16.8. The highest BCUT2D eigenvalue weighted by atomic mass is 16.2. The second kappa shape index (κ2) is 7.76. The van der Waals surface area contributed by atoms with Crippen LogP contribution in [0, 0.1) is 5.92 Å². The fourth-order valence-corrected chi connectivity index (χ4v) is 4.58. The second-order valence-electron chi connectivity index (χ2n) is 8.43. The highest BCUT2D eigenvalue weighted by Gasteiger charge is 2.37. The Morgan fingerprint density at radius 2 is 2.03 bits per heavy atom. The van der Waals surface area contributed by atoms with E-state index in [0.29, 0.717) is 6.54 Å². The fourth-order valence-electron chi connectivity index (χ4n) is 4.58. The summed E-state index contributed by atoms with van der Waals surface area (Å²) in [5, 5.41) is 7.99. The summed E-state index contributed by atoms with van der Waals surface area (Å²) in [6.07, 6.45) is 3.68. The molecule has 1 fully saturated rings. The lowest BCUT2D eigenvalue weighted by Gasteiger charge is -2.42. The molecule has 0 unspecified atom stereocenters. The Bertz CT molecular complexity index is 1090. The molecule has 0 bridgehead atoms. The van der Waals surface area contributed by atoms with Crippen LogP contribution in [-0.4, -0.2) is 66.5 Å². The van der Waals surface area contributed by atoms with Gasteiger partial charge in [0.05, 0.1) is 17.8 Å². The minimum absolute atomic E-state index is 0.0253. The first-order valence-corrected chi connectivity index (χ1v) is 10.7. The Balaban J connectivity index is 1.34. The molecule has 30 heavy (non-hydrogen) atoms. The fraction of sp³-hybridized carbons (Fsp3) is 0.409. The maximum Gasteiger partial charge on any atom is 0.229 e. The smallest absolute Gasteiger partial charge is 0.229 e. The first kappa shape index (κ1) is 19.1. The molecule has 0 aliphatic carbocycles. The van der Waals surface area contributed by atoms with Crippen LogP contribution >= 0.6 is 0 Å². The topological polar surface area (TPSA) is 65.8 Å². The van der Waals surface area contributed by atoms with E-state index < -0.39 is 0 Å². The zero-order chi connectivity index (χ0) is 20.7. The van der Waals surface area contributed by atoms with E-state index in [1.54, 1.807) is 0 Å². The molecule has 154 valence electrons. The molecule has 4 heterocycles. The van der Waals surface area contributed by atoms with E-state index in [1.165, 1.54) is 16.6 Å². The lowest BCUT2D eigenvalue weighted by atomic mass is 9.90. The van der Waals surface area contributed by atoms with Crippen molar-refractivity contribution in [1.82, 2.24) is 24.8 Å². The van der Waals surface area contributed by atoms with Gasteiger partial charge in [-0.15, -0.1) is 0 Å². The third-order valence-corrected chi connectivity index (χ3v) is 6.36. The molecule has 1 saturated heterocycles. The molecule has 0 saturated carbocycles.